The van der Waals surface area contributed by atoms with Crippen molar-refractivity contribution in [3.8, 4) is 0 Å². The maximum atomic E-state index is 13.6. The summed E-state index contributed by atoms with van der Waals surface area (Å²) in [7, 11) is 0. The van der Waals surface area contributed by atoms with Crippen molar-refractivity contribution < 1.29 is 27.2 Å². The fraction of sp³-hybridized carbons (Fsp3) is 0.176. The highest BCUT2D eigenvalue weighted by Gasteiger charge is 2.23. The molecular weight excluding hydrogens is 372 g/mol. The van der Waals surface area contributed by atoms with Crippen molar-refractivity contribution in [2.24, 2.45) is 0 Å². The van der Waals surface area contributed by atoms with Gasteiger partial charge in [-0.3, -0.25) is 9.59 Å². The van der Waals surface area contributed by atoms with Crippen LogP contribution >= 0.6 is 11.8 Å². The van der Waals surface area contributed by atoms with E-state index >= 15 is 0 Å². The molecule has 0 aliphatic rings. The van der Waals surface area contributed by atoms with Crippen molar-refractivity contribution in [3.05, 3.63) is 53.6 Å². The first-order chi connectivity index (χ1) is 12.2. The molecule has 0 aliphatic heterocycles. The predicted octanol–water partition coefficient (Wildman–Crippen LogP) is 4.32. The molecule has 26 heavy (non-hydrogen) atoms. The fourth-order valence-corrected chi connectivity index (χ4v) is 2.85. The van der Waals surface area contributed by atoms with Gasteiger partial charge in [0.05, 0.1) is 5.25 Å². The molecule has 0 saturated carbocycles. The van der Waals surface area contributed by atoms with E-state index in [1.165, 1.54) is 13.8 Å². The van der Waals surface area contributed by atoms with Crippen LogP contribution in [-0.2, 0) is 9.59 Å². The van der Waals surface area contributed by atoms with Crippen LogP contribution in [0.1, 0.15) is 13.8 Å². The molecule has 0 saturated heterocycles. The van der Waals surface area contributed by atoms with E-state index in [1.807, 2.05) is 5.32 Å². The second-order valence-electron chi connectivity index (χ2n) is 5.30. The lowest BCUT2D eigenvalue weighted by Crippen LogP contribution is -2.24. The van der Waals surface area contributed by atoms with Crippen molar-refractivity contribution in [2.45, 2.75) is 24.0 Å². The van der Waals surface area contributed by atoms with Gasteiger partial charge in [-0.1, -0.05) is 0 Å². The van der Waals surface area contributed by atoms with Crippen LogP contribution in [0, 0.1) is 23.3 Å². The normalized spacial score (nSPS) is 11.8. The van der Waals surface area contributed by atoms with Crippen molar-refractivity contribution in [1.82, 2.24) is 0 Å². The second-order valence-corrected chi connectivity index (χ2v) is 6.71. The maximum absolute atomic E-state index is 13.6. The second kappa shape index (κ2) is 8.22. The number of halogens is 4. The smallest absolute Gasteiger partial charge is 0.237 e. The maximum Gasteiger partial charge on any atom is 0.237 e. The number of hydrogen-bond donors (Lipinski definition) is 2. The molecule has 0 heterocycles. The molecule has 1 unspecified atom stereocenters. The molecular formula is C17H14F4N2O2S. The number of thioether (sulfide) groups is 1. The summed E-state index contributed by atoms with van der Waals surface area (Å²) in [4.78, 5) is 23.7. The molecule has 0 bridgehead atoms. The quantitative estimate of drug-likeness (QED) is 0.457. The van der Waals surface area contributed by atoms with Gasteiger partial charge in [-0.2, -0.15) is 0 Å². The number of benzene rings is 2. The number of carbonyl (C=O) groups excluding carboxylic acids is 2. The molecule has 4 nitrogen and oxygen atoms in total. The SMILES string of the molecule is CC(=O)Nc1ccc(SC(C)C(=O)Nc2c(F)c(F)cc(F)c2F)cc1. The number of carbonyl (C=O) groups is 2. The number of rotatable bonds is 5. The standard InChI is InChI=1S/C17H14F4N2O2S/c1-8(26-11-5-3-10(4-6-11)22-9(2)24)17(25)23-16-14(20)12(18)7-13(19)15(16)21/h3-8H,1-2H3,(H,22,24)(H,23,25). The Kier molecular flexibility index (Phi) is 6.25. The number of anilines is 2. The molecule has 2 N–H and O–H groups in total. The molecule has 2 amide bonds. The number of hydrogen-bond acceptors (Lipinski definition) is 3. The van der Waals surface area contributed by atoms with E-state index < -0.39 is 40.1 Å². The van der Waals surface area contributed by atoms with E-state index in [4.69, 9.17) is 0 Å². The summed E-state index contributed by atoms with van der Waals surface area (Å²) in [6.07, 6.45) is 0. The van der Waals surface area contributed by atoms with Gasteiger partial charge in [0.1, 0.15) is 5.69 Å². The minimum atomic E-state index is -1.67. The molecule has 2 aromatic carbocycles. The molecule has 1 atom stereocenters. The van der Waals surface area contributed by atoms with Crippen molar-refractivity contribution in [2.75, 3.05) is 10.6 Å². The molecule has 0 radical (unpaired) electrons. The summed E-state index contributed by atoms with van der Waals surface area (Å²) in [5.74, 6) is -7.61. The highest BCUT2D eigenvalue weighted by Crippen LogP contribution is 2.28. The van der Waals surface area contributed by atoms with Crippen LogP contribution in [0.25, 0.3) is 0 Å². The lowest BCUT2D eigenvalue weighted by molar-refractivity contribution is -0.115. The predicted molar refractivity (Wildman–Crippen MR) is 91.0 cm³/mol. The van der Waals surface area contributed by atoms with E-state index in [9.17, 15) is 27.2 Å². The highest BCUT2D eigenvalue weighted by molar-refractivity contribution is 8.00. The van der Waals surface area contributed by atoms with Gasteiger partial charge in [-0.25, -0.2) is 17.6 Å². The molecule has 0 fully saturated rings. The fourth-order valence-electron chi connectivity index (χ4n) is 1.99. The molecule has 0 aliphatic carbocycles. The van der Waals surface area contributed by atoms with E-state index in [1.54, 1.807) is 24.3 Å². The van der Waals surface area contributed by atoms with E-state index in [2.05, 4.69) is 5.32 Å². The summed E-state index contributed by atoms with van der Waals surface area (Å²) in [6.45, 7) is 2.83. The molecule has 2 rings (SSSR count). The van der Waals surface area contributed by atoms with Gasteiger partial charge in [0.2, 0.25) is 11.8 Å². The highest BCUT2D eigenvalue weighted by atomic mass is 32.2. The lowest BCUT2D eigenvalue weighted by Gasteiger charge is -2.14. The van der Waals surface area contributed by atoms with E-state index in [0.29, 0.717) is 10.6 Å². The van der Waals surface area contributed by atoms with Crippen LogP contribution in [0.4, 0.5) is 28.9 Å². The molecule has 9 heteroatoms. The topological polar surface area (TPSA) is 58.2 Å². The van der Waals surface area contributed by atoms with Crippen LogP contribution in [0.5, 0.6) is 0 Å². The Bertz CT molecular complexity index is 817. The lowest BCUT2D eigenvalue weighted by atomic mass is 10.2. The molecule has 0 aromatic heterocycles. The Morgan fingerprint density at radius 3 is 2.00 bits per heavy atom. The largest absolute Gasteiger partial charge is 0.326 e. The van der Waals surface area contributed by atoms with Gasteiger partial charge < -0.3 is 10.6 Å². The van der Waals surface area contributed by atoms with Crippen LogP contribution in [-0.4, -0.2) is 17.1 Å². The van der Waals surface area contributed by atoms with E-state index in [-0.39, 0.29) is 12.0 Å². The van der Waals surface area contributed by atoms with Gasteiger partial charge in [0, 0.05) is 23.6 Å². The summed E-state index contributed by atoms with van der Waals surface area (Å²) >= 11 is 1.06. The van der Waals surface area contributed by atoms with Crippen LogP contribution in [0.15, 0.2) is 35.2 Å². The van der Waals surface area contributed by atoms with Gasteiger partial charge in [-0.05, 0) is 31.2 Å². The zero-order valence-electron chi connectivity index (χ0n) is 13.7. The number of nitrogens with one attached hydrogen (secondary N) is 2. The van der Waals surface area contributed by atoms with Crippen molar-refractivity contribution in [1.29, 1.82) is 0 Å². The van der Waals surface area contributed by atoms with Gasteiger partial charge in [0.15, 0.2) is 23.3 Å². The summed E-state index contributed by atoms with van der Waals surface area (Å²) in [6, 6.07) is 6.59. The monoisotopic (exact) mass is 386 g/mol. The minimum absolute atomic E-state index is 0.0646. The third kappa shape index (κ3) is 4.75. The third-order valence-electron chi connectivity index (χ3n) is 3.22. The first-order valence-electron chi connectivity index (χ1n) is 7.37. The summed E-state index contributed by atoms with van der Waals surface area (Å²) in [5, 5.41) is 3.64. The average molecular weight is 386 g/mol. The summed E-state index contributed by atoms with van der Waals surface area (Å²) < 4.78 is 53.6. The average Bonchev–Trinajstić information content (AvgIpc) is 2.58. The Balaban J connectivity index is 2.08. The Hall–Kier alpha value is -2.55. The third-order valence-corrected chi connectivity index (χ3v) is 4.33. The first-order valence-corrected chi connectivity index (χ1v) is 8.25. The minimum Gasteiger partial charge on any atom is -0.326 e. The van der Waals surface area contributed by atoms with Crippen LogP contribution < -0.4 is 10.6 Å². The van der Waals surface area contributed by atoms with Gasteiger partial charge in [-0.15, -0.1) is 11.8 Å². The van der Waals surface area contributed by atoms with E-state index in [0.717, 1.165) is 11.8 Å². The molecule has 2 aromatic rings. The Morgan fingerprint density at radius 2 is 1.50 bits per heavy atom. The number of amides is 2. The zero-order valence-corrected chi connectivity index (χ0v) is 14.5. The van der Waals surface area contributed by atoms with Crippen LogP contribution in [0.3, 0.4) is 0 Å². The van der Waals surface area contributed by atoms with Crippen LogP contribution in [0.2, 0.25) is 0 Å². The van der Waals surface area contributed by atoms with Gasteiger partial charge in [0.25, 0.3) is 0 Å². The van der Waals surface area contributed by atoms with Crippen molar-refractivity contribution in [3.63, 3.8) is 0 Å². The Morgan fingerprint density at radius 1 is 0.962 bits per heavy atom. The first kappa shape index (κ1) is 19.8. The molecule has 138 valence electrons. The summed E-state index contributed by atoms with van der Waals surface area (Å²) in [5.41, 5.74) is -0.598. The molecule has 0 spiro atoms. The van der Waals surface area contributed by atoms with Crippen molar-refractivity contribution >= 4 is 35.0 Å². The zero-order chi connectivity index (χ0) is 19.4. The van der Waals surface area contributed by atoms with Gasteiger partial charge >= 0.3 is 0 Å². The Labute approximate surface area is 151 Å².